The van der Waals surface area contributed by atoms with Gasteiger partial charge in [0.15, 0.2) is 0 Å². The fourth-order valence-corrected chi connectivity index (χ4v) is 2.22. The zero-order valence-electron chi connectivity index (χ0n) is 9.54. The third-order valence-corrected chi connectivity index (χ3v) is 3.65. The number of nitrogens with zero attached hydrogens (tertiary/aromatic N) is 1. The number of carbonyl (C=O) groups is 1. The van der Waals surface area contributed by atoms with E-state index in [0.29, 0.717) is 4.90 Å². The number of aromatic carboxylic acids is 1. The standard InChI is InChI=1S/C11H13NO4S/c1-3-7(2)17-10-5-4-8(12(15)16)6-9(10)11(13)14/h4-7H,3H2,1-2H3,(H,13,14)/t7-/m0/s1. The van der Waals surface area contributed by atoms with Crippen molar-refractivity contribution in [3.63, 3.8) is 0 Å². The van der Waals surface area contributed by atoms with Gasteiger partial charge in [-0.15, -0.1) is 11.8 Å². The van der Waals surface area contributed by atoms with Gasteiger partial charge in [0.1, 0.15) is 0 Å². The average molecular weight is 255 g/mol. The molecule has 92 valence electrons. The molecule has 1 aromatic rings. The summed E-state index contributed by atoms with van der Waals surface area (Å²) in [4.78, 5) is 21.6. The number of rotatable bonds is 5. The first-order chi connectivity index (χ1) is 7.95. The van der Waals surface area contributed by atoms with E-state index in [0.717, 1.165) is 12.5 Å². The highest BCUT2D eigenvalue weighted by molar-refractivity contribution is 8.00. The van der Waals surface area contributed by atoms with Crippen LogP contribution in [0.4, 0.5) is 5.69 Å². The van der Waals surface area contributed by atoms with Gasteiger partial charge in [0.05, 0.1) is 10.5 Å². The van der Waals surface area contributed by atoms with Gasteiger partial charge in [-0.3, -0.25) is 10.1 Å². The molecule has 6 heteroatoms. The number of carboxylic acid groups (broad SMARTS) is 1. The Labute approximate surface area is 103 Å². The SMILES string of the molecule is CC[C@H](C)Sc1ccc([N+](=O)[O-])cc1C(=O)O. The number of nitro groups is 1. The van der Waals surface area contributed by atoms with Crippen molar-refractivity contribution in [2.75, 3.05) is 0 Å². The third kappa shape index (κ3) is 3.45. The maximum atomic E-state index is 11.0. The Morgan fingerprint density at radius 2 is 2.24 bits per heavy atom. The summed E-state index contributed by atoms with van der Waals surface area (Å²) in [6.45, 7) is 3.99. The van der Waals surface area contributed by atoms with Gasteiger partial charge in [-0.2, -0.15) is 0 Å². The van der Waals surface area contributed by atoms with Gasteiger partial charge < -0.3 is 5.11 Å². The molecule has 0 aromatic heterocycles. The normalized spacial score (nSPS) is 12.1. The quantitative estimate of drug-likeness (QED) is 0.496. The molecule has 0 fully saturated rings. The number of hydrogen-bond acceptors (Lipinski definition) is 4. The molecule has 0 bridgehead atoms. The first kappa shape index (κ1) is 13.5. The molecule has 1 rings (SSSR count). The second-order valence-corrected chi connectivity index (χ2v) is 5.06. The first-order valence-corrected chi connectivity index (χ1v) is 6.02. The predicted octanol–water partition coefficient (Wildman–Crippen LogP) is 3.18. The molecule has 17 heavy (non-hydrogen) atoms. The van der Waals surface area contributed by atoms with Crippen LogP contribution in [-0.2, 0) is 0 Å². The van der Waals surface area contributed by atoms with Crippen molar-refractivity contribution in [2.45, 2.75) is 30.4 Å². The van der Waals surface area contributed by atoms with E-state index in [2.05, 4.69) is 0 Å². The topological polar surface area (TPSA) is 80.4 Å². The first-order valence-electron chi connectivity index (χ1n) is 5.14. The van der Waals surface area contributed by atoms with E-state index in [1.807, 2.05) is 13.8 Å². The van der Waals surface area contributed by atoms with Crippen LogP contribution in [0.25, 0.3) is 0 Å². The lowest BCUT2D eigenvalue weighted by Gasteiger charge is -2.10. The zero-order valence-corrected chi connectivity index (χ0v) is 10.4. The monoisotopic (exact) mass is 255 g/mol. The Bertz CT molecular complexity index is 447. The summed E-state index contributed by atoms with van der Waals surface area (Å²) in [6.07, 6.45) is 0.903. The molecule has 1 atom stereocenters. The Hall–Kier alpha value is -1.56. The van der Waals surface area contributed by atoms with Crippen molar-refractivity contribution in [3.8, 4) is 0 Å². The Kier molecular flexibility index (Phi) is 4.51. The van der Waals surface area contributed by atoms with Gasteiger partial charge in [-0.25, -0.2) is 4.79 Å². The number of carboxylic acids is 1. The van der Waals surface area contributed by atoms with Crippen LogP contribution in [0.2, 0.25) is 0 Å². The molecular weight excluding hydrogens is 242 g/mol. The molecule has 0 heterocycles. The van der Waals surface area contributed by atoms with E-state index in [1.165, 1.54) is 23.9 Å². The van der Waals surface area contributed by atoms with Gasteiger partial charge in [-0.05, 0) is 12.5 Å². The number of nitro benzene ring substituents is 1. The van der Waals surface area contributed by atoms with Crippen molar-refractivity contribution >= 4 is 23.4 Å². The molecule has 0 aliphatic carbocycles. The molecule has 0 aliphatic heterocycles. The van der Waals surface area contributed by atoms with Crippen LogP contribution in [0.3, 0.4) is 0 Å². The highest BCUT2D eigenvalue weighted by Crippen LogP contribution is 2.30. The lowest BCUT2D eigenvalue weighted by Crippen LogP contribution is -2.03. The van der Waals surface area contributed by atoms with E-state index in [9.17, 15) is 14.9 Å². The van der Waals surface area contributed by atoms with Crippen molar-refractivity contribution in [1.82, 2.24) is 0 Å². The van der Waals surface area contributed by atoms with Crippen LogP contribution in [0.15, 0.2) is 23.1 Å². The Balaban J connectivity index is 3.13. The number of thioether (sulfide) groups is 1. The van der Waals surface area contributed by atoms with Crippen LogP contribution in [0.5, 0.6) is 0 Å². The molecule has 0 saturated heterocycles. The summed E-state index contributed by atoms with van der Waals surface area (Å²) in [7, 11) is 0. The Morgan fingerprint density at radius 3 is 2.71 bits per heavy atom. The van der Waals surface area contributed by atoms with E-state index in [4.69, 9.17) is 5.11 Å². The van der Waals surface area contributed by atoms with Crippen LogP contribution in [0, 0.1) is 10.1 Å². The molecule has 1 aromatic carbocycles. The molecule has 0 saturated carbocycles. The predicted molar refractivity (Wildman–Crippen MR) is 65.7 cm³/mol. The minimum absolute atomic E-state index is 0.00972. The summed E-state index contributed by atoms with van der Waals surface area (Å²) >= 11 is 1.42. The van der Waals surface area contributed by atoms with Crippen molar-refractivity contribution in [3.05, 3.63) is 33.9 Å². The number of non-ortho nitro benzene ring substituents is 1. The smallest absolute Gasteiger partial charge is 0.337 e. The Morgan fingerprint density at radius 1 is 1.59 bits per heavy atom. The van der Waals surface area contributed by atoms with E-state index in [1.54, 1.807) is 0 Å². The third-order valence-electron chi connectivity index (χ3n) is 2.31. The zero-order chi connectivity index (χ0) is 13.0. The summed E-state index contributed by atoms with van der Waals surface area (Å²) in [6, 6.07) is 3.93. The van der Waals surface area contributed by atoms with Crippen LogP contribution >= 0.6 is 11.8 Å². The number of benzene rings is 1. The molecule has 5 nitrogen and oxygen atoms in total. The molecule has 0 spiro atoms. The lowest BCUT2D eigenvalue weighted by molar-refractivity contribution is -0.384. The van der Waals surface area contributed by atoms with Crippen molar-refractivity contribution in [2.24, 2.45) is 0 Å². The molecule has 1 N–H and O–H groups in total. The highest BCUT2D eigenvalue weighted by atomic mass is 32.2. The summed E-state index contributed by atoms with van der Waals surface area (Å²) < 4.78 is 0. The maximum Gasteiger partial charge on any atom is 0.337 e. The fraction of sp³-hybridized carbons (Fsp3) is 0.364. The fourth-order valence-electron chi connectivity index (χ4n) is 1.20. The van der Waals surface area contributed by atoms with E-state index >= 15 is 0 Å². The average Bonchev–Trinajstić information content (AvgIpc) is 2.28. The molecule has 0 radical (unpaired) electrons. The van der Waals surface area contributed by atoms with Gasteiger partial charge in [0.2, 0.25) is 0 Å². The van der Waals surface area contributed by atoms with Crippen LogP contribution in [-0.4, -0.2) is 21.2 Å². The van der Waals surface area contributed by atoms with Gasteiger partial charge in [-0.1, -0.05) is 13.8 Å². The van der Waals surface area contributed by atoms with Crippen molar-refractivity contribution in [1.29, 1.82) is 0 Å². The molecule has 0 amide bonds. The van der Waals surface area contributed by atoms with Gasteiger partial charge >= 0.3 is 5.97 Å². The molecular formula is C11H13NO4S. The molecule has 0 aliphatic rings. The maximum absolute atomic E-state index is 11.0. The second kappa shape index (κ2) is 5.67. The minimum atomic E-state index is -1.14. The highest BCUT2D eigenvalue weighted by Gasteiger charge is 2.17. The summed E-state index contributed by atoms with van der Waals surface area (Å²) in [5.74, 6) is -1.14. The minimum Gasteiger partial charge on any atom is -0.478 e. The van der Waals surface area contributed by atoms with Crippen molar-refractivity contribution < 1.29 is 14.8 Å². The second-order valence-electron chi connectivity index (χ2n) is 3.58. The summed E-state index contributed by atoms with van der Waals surface area (Å²) in [5, 5.41) is 19.9. The number of hydrogen-bond donors (Lipinski definition) is 1. The van der Waals surface area contributed by atoms with E-state index in [-0.39, 0.29) is 16.5 Å². The van der Waals surface area contributed by atoms with Gasteiger partial charge in [0, 0.05) is 22.3 Å². The van der Waals surface area contributed by atoms with Gasteiger partial charge in [0.25, 0.3) is 5.69 Å². The summed E-state index contributed by atoms with van der Waals surface area (Å²) in [5.41, 5.74) is -0.208. The van der Waals surface area contributed by atoms with Crippen LogP contribution < -0.4 is 0 Å². The van der Waals surface area contributed by atoms with E-state index < -0.39 is 10.9 Å². The van der Waals surface area contributed by atoms with Crippen LogP contribution in [0.1, 0.15) is 30.6 Å². The molecule has 0 unspecified atom stereocenters. The largest absolute Gasteiger partial charge is 0.478 e. The lowest BCUT2D eigenvalue weighted by atomic mass is 10.2.